The van der Waals surface area contributed by atoms with E-state index < -0.39 is 0 Å². The third kappa shape index (κ3) is 2.33. The smallest absolute Gasteiger partial charge is 0.148 e. The monoisotopic (exact) mass is 207 g/mol. The summed E-state index contributed by atoms with van der Waals surface area (Å²) in [5, 5.41) is 7.90. The summed E-state index contributed by atoms with van der Waals surface area (Å²) in [5.41, 5.74) is 1.29. The summed E-state index contributed by atoms with van der Waals surface area (Å²) in [4.78, 5) is 0. The molecule has 1 aromatic rings. The van der Waals surface area contributed by atoms with Gasteiger partial charge in [-0.05, 0) is 26.7 Å². The number of hydrogen-bond acceptors (Lipinski definition) is 2. The highest BCUT2D eigenvalue weighted by molar-refractivity contribution is 5.35. The molecule has 84 valence electrons. The Morgan fingerprint density at radius 2 is 2.13 bits per heavy atom. The van der Waals surface area contributed by atoms with Crippen molar-refractivity contribution in [3.8, 4) is 0 Å². The Balaban J connectivity index is 2.11. The average molecular weight is 207 g/mol. The van der Waals surface area contributed by atoms with Crippen molar-refractivity contribution in [3.05, 3.63) is 11.8 Å². The molecule has 0 aliphatic heterocycles. The Kier molecular flexibility index (Phi) is 3.29. The maximum Gasteiger partial charge on any atom is 0.148 e. The first kappa shape index (κ1) is 10.5. The van der Waals surface area contributed by atoms with Crippen LogP contribution >= 0.6 is 0 Å². The number of anilines is 1. The largest absolute Gasteiger partial charge is 0.369 e. The van der Waals surface area contributed by atoms with Crippen LogP contribution < -0.4 is 5.32 Å². The van der Waals surface area contributed by atoms with Crippen molar-refractivity contribution < 1.29 is 0 Å². The summed E-state index contributed by atoms with van der Waals surface area (Å²) in [6, 6.07) is 2.80. The first-order chi connectivity index (χ1) is 7.31. The standard InChI is InChI=1S/C12H21N3/c1-3-13-12-9-10(2)15(14-12)11-7-5-4-6-8-11/h9,11H,3-8H2,1-2H3,(H,13,14). The third-order valence-electron chi connectivity index (χ3n) is 3.20. The average Bonchev–Trinajstić information content (AvgIpc) is 2.61. The van der Waals surface area contributed by atoms with Gasteiger partial charge in [-0.25, -0.2) is 0 Å². The number of nitrogens with one attached hydrogen (secondary N) is 1. The summed E-state index contributed by atoms with van der Waals surface area (Å²) >= 11 is 0. The van der Waals surface area contributed by atoms with Crippen LogP contribution in [0.1, 0.15) is 50.8 Å². The molecule has 1 saturated carbocycles. The second-order valence-electron chi connectivity index (χ2n) is 4.44. The summed E-state index contributed by atoms with van der Waals surface area (Å²) in [7, 11) is 0. The van der Waals surface area contributed by atoms with E-state index in [2.05, 4.69) is 35.0 Å². The van der Waals surface area contributed by atoms with E-state index in [9.17, 15) is 0 Å². The molecule has 2 rings (SSSR count). The van der Waals surface area contributed by atoms with Gasteiger partial charge in [-0.2, -0.15) is 5.10 Å². The number of rotatable bonds is 3. The van der Waals surface area contributed by atoms with Crippen molar-refractivity contribution in [1.82, 2.24) is 9.78 Å². The molecule has 1 fully saturated rings. The summed E-state index contributed by atoms with van der Waals surface area (Å²) in [6.07, 6.45) is 6.72. The molecule has 1 aliphatic rings. The van der Waals surface area contributed by atoms with E-state index in [1.165, 1.54) is 37.8 Å². The van der Waals surface area contributed by atoms with Crippen LogP contribution in [0.2, 0.25) is 0 Å². The number of aryl methyl sites for hydroxylation is 1. The van der Waals surface area contributed by atoms with Crippen LogP contribution in [0.4, 0.5) is 5.82 Å². The van der Waals surface area contributed by atoms with Gasteiger partial charge in [-0.3, -0.25) is 4.68 Å². The molecule has 0 unspecified atom stereocenters. The first-order valence-corrected chi connectivity index (χ1v) is 6.11. The van der Waals surface area contributed by atoms with E-state index in [1.54, 1.807) is 0 Å². The molecule has 0 radical (unpaired) electrons. The van der Waals surface area contributed by atoms with Gasteiger partial charge in [0.1, 0.15) is 5.82 Å². The Bertz CT molecular complexity index is 311. The second kappa shape index (κ2) is 4.69. The zero-order valence-electron chi connectivity index (χ0n) is 9.79. The van der Waals surface area contributed by atoms with E-state index in [-0.39, 0.29) is 0 Å². The molecular formula is C12H21N3. The van der Waals surface area contributed by atoms with Crippen molar-refractivity contribution in [3.63, 3.8) is 0 Å². The topological polar surface area (TPSA) is 29.9 Å². The van der Waals surface area contributed by atoms with Crippen LogP contribution in [-0.2, 0) is 0 Å². The normalized spacial score (nSPS) is 18.0. The lowest BCUT2D eigenvalue weighted by Gasteiger charge is -2.23. The molecule has 0 spiro atoms. The maximum absolute atomic E-state index is 4.63. The quantitative estimate of drug-likeness (QED) is 0.825. The Morgan fingerprint density at radius 3 is 2.80 bits per heavy atom. The molecule has 1 heterocycles. The van der Waals surface area contributed by atoms with Crippen LogP contribution in [-0.4, -0.2) is 16.3 Å². The van der Waals surface area contributed by atoms with E-state index in [0.717, 1.165) is 12.4 Å². The molecule has 3 nitrogen and oxygen atoms in total. The highest BCUT2D eigenvalue weighted by atomic mass is 15.3. The summed E-state index contributed by atoms with van der Waals surface area (Å²) < 4.78 is 2.22. The van der Waals surface area contributed by atoms with Gasteiger partial charge < -0.3 is 5.32 Å². The maximum atomic E-state index is 4.63. The molecule has 0 atom stereocenters. The number of nitrogens with zero attached hydrogens (tertiary/aromatic N) is 2. The SMILES string of the molecule is CCNc1cc(C)n(C2CCCCC2)n1. The van der Waals surface area contributed by atoms with E-state index >= 15 is 0 Å². The molecule has 0 saturated heterocycles. The van der Waals surface area contributed by atoms with Gasteiger partial charge in [0.2, 0.25) is 0 Å². The summed E-state index contributed by atoms with van der Waals surface area (Å²) in [5.74, 6) is 1.03. The molecular weight excluding hydrogens is 186 g/mol. The Hall–Kier alpha value is -0.990. The minimum atomic E-state index is 0.645. The molecule has 3 heteroatoms. The predicted octanol–water partition coefficient (Wildman–Crippen LogP) is 3.13. The minimum absolute atomic E-state index is 0.645. The lowest BCUT2D eigenvalue weighted by molar-refractivity contribution is 0.325. The fourth-order valence-corrected chi connectivity index (χ4v) is 2.45. The highest BCUT2D eigenvalue weighted by Gasteiger charge is 2.17. The number of aromatic nitrogens is 2. The van der Waals surface area contributed by atoms with Crippen molar-refractivity contribution >= 4 is 5.82 Å². The Labute approximate surface area is 91.9 Å². The fourth-order valence-electron chi connectivity index (χ4n) is 2.45. The van der Waals surface area contributed by atoms with E-state index in [0.29, 0.717) is 6.04 Å². The van der Waals surface area contributed by atoms with Crippen molar-refractivity contribution in [1.29, 1.82) is 0 Å². The van der Waals surface area contributed by atoms with Gasteiger partial charge in [0.05, 0.1) is 6.04 Å². The molecule has 1 N–H and O–H groups in total. The van der Waals surface area contributed by atoms with Crippen LogP contribution in [0.25, 0.3) is 0 Å². The first-order valence-electron chi connectivity index (χ1n) is 6.11. The van der Waals surface area contributed by atoms with E-state index in [4.69, 9.17) is 0 Å². The van der Waals surface area contributed by atoms with Gasteiger partial charge in [0.25, 0.3) is 0 Å². The number of hydrogen-bond donors (Lipinski definition) is 1. The molecule has 1 aromatic heterocycles. The minimum Gasteiger partial charge on any atom is -0.369 e. The fraction of sp³-hybridized carbons (Fsp3) is 0.750. The van der Waals surface area contributed by atoms with Crippen molar-refractivity contribution in [2.24, 2.45) is 0 Å². The molecule has 1 aliphatic carbocycles. The molecule has 0 aromatic carbocycles. The zero-order valence-corrected chi connectivity index (χ0v) is 9.79. The third-order valence-corrected chi connectivity index (χ3v) is 3.20. The second-order valence-corrected chi connectivity index (χ2v) is 4.44. The van der Waals surface area contributed by atoms with Crippen molar-refractivity contribution in [2.75, 3.05) is 11.9 Å². The van der Waals surface area contributed by atoms with Gasteiger partial charge in [-0.1, -0.05) is 19.3 Å². The van der Waals surface area contributed by atoms with E-state index in [1.807, 2.05) is 0 Å². The van der Waals surface area contributed by atoms with Gasteiger partial charge in [0, 0.05) is 18.3 Å². The molecule has 0 amide bonds. The molecule has 15 heavy (non-hydrogen) atoms. The summed E-state index contributed by atoms with van der Waals surface area (Å²) in [6.45, 7) is 5.21. The van der Waals surface area contributed by atoms with Crippen LogP contribution in [0.5, 0.6) is 0 Å². The predicted molar refractivity (Wildman–Crippen MR) is 63.2 cm³/mol. The van der Waals surface area contributed by atoms with Gasteiger partial charge in [0.15, 0.2) is 0 Å². The Morgan fingerprint density at radius 1 is 1.40 bits per heavy atom. The van der Waals surface area contributed by atoms with Crippen LogP contribution in [0, 0.1) is 6.92 Å². The van der Waals surface area contributed by atoms with Crippen LogP contribution in [0.15, 0.2) is 6.07 Å². The molecule has 0 bridgehead atoms. The lowest BCUT2D eigenvalue weighted by Crippen LogP contribution is -2.15. The van der Waals surface area contributed by atoms with Gasteiger partial charge in [-0.15, -0.1) is 0 Å². The van der Waals surface area contributed by atoms with Gasteiger partial charge >= 0.3 is 0 Å². The van der Waals surface area contributed by atoms with Crippen LogP contribution in [0.3, 0.4) is 0 Å². The van der Waals surface area contributed by atoms with Crippen molar-refractivity contribution in [2.45, 2.75) is 52.0 Å². The lowest BCUT2D eigenvalue weighted by atomic mass is 9.95. The highest BCUT2D eigenvalue weighted by Crippen LogP contribution is 2.29. The zero-order chi connectivity index (χ0) is 10.7.